The van der Waals surface area contributed by atoms with E-state index in [0.29, 0.717) is 53.2 Å². The largest absolute Gasteiger partial charge is 0.490 e. The molecule has 2 aromatic carbocycles. The number of aliphatic hydroxyl groups is 1. The van der Waals surface area contributed by atoms with Gasteiger partial charge in [-0.1, -0.05) is 51.5 Å². The molecule has 3 aliphatic rings. The molecule has 0 amide bonds. The van der Waals surface area contributed by atoms with Gasteiger partial charge in [0.05, 0.1) is 12.5 Å². The summed E-state index contributed by atoms with van der Waals surface area (Å²) in [6.07, 6.45) is 4.98. The van der Waals surface area contributed by atoms with Crippen molar-refractivity contribution >= 4 is 11.8 Å². The first-order chi connectivity index (χ1) is 18.5. The molecule has 5 atom stereocenters. The number of aliphatic hydroxyl groups excluding tert-OH is 1. The molecule has 3 saturated carbocycles. The van der Waals surface area contributed by atoms with Gasteiger partial charge in [0.1, 0.15) is 23.5 Å². The number of carboxylic acids is 1. The maximum Gasteiger partial charge on any atom is 0.307 e. The summed E-state index contributed by atoms with van der Waals surface area (Å²) in [6, 6.07) is 10.3. The van der Waals surface area contributed by atoms with Gasteiger partial charge < -0.3 is 14.9 Å². The first-order valence-electron chi connectivity index (χ1n) is 14.5. The molecule has 3 aliphatic carbocycles. The minimum atomic E-state index is -0.964. The maximum absolute atomic E-state index is 15.1. The van der Waals surface area contributed by atoms with Gasteiger partial charge in [-0.2, -0.15) is 0 Å². The van der Waals surface area contributed by atoms with Crippen LogP contribution in [0.25, 0.3) is 11.1 Å². The Morgan fingerprint density at radius 1 is 1.08 bits per heavy atom. The van der Waals surface area contributed by atoms with Gasteiger partial charge >= 0.3 is 5.97 Å². The zero-order chi connectivity index (χ0) is 27.9. The quantitative estimate of drug-likeness (QED) is 0.363. The molecule has 2 N–H and O–H groups in total. The second kappa shape index (κ2) is 11.0. The molecule has 3 fully saturated rings. The molecule has 1 unspecified atom stereocenters. The Morgan fingerprint density at radius 3 is 2.46 bits per heavy atom. The van der Waals surface area contributed by atoms with Crippen LogP contribution in [0.5, 0.6) is 5.75 Å². The molecule has 0 spiro atoms. The van der Waals surface area contributed by atoms with Gasteiger partial charge in [0.25, 0.3) is 0 Å². The average Bonchev–Trinajstić information content (AvgIpc) is 3.30. The standard InChI is InChI=1S/C33H41FO5/c1-19-17-33(2,3)18-25(19)28(36)14-22-13-23(16-27(22)35)39-29-12-5-9-21(15-30(37)38)32(29)24-10-6-11-26(34)31(24)20-7-4-8-20/h5-6,9-12,19-20,22-23,25,27,35H,4,7-8,13-18H2,1-3H3,(H,37,38)/t19?,22-,23+,25-,27-/m1/s1. The van der Waals surface area contributed by atoms with Crippen molar-refractivity contribution in [3.05, 3.63) is 53.3 Å². The highest BCUT2D eigenvalue weighted by atomic mass is 19.1. The third-order valence-corrected chi connectivity index (χ3v) is 9.41. The highest BCUT2D eigenvalue weighted by Gasteiger charge is 2.43. The van der Waals surface area contributed by atoms with Crippen LogP contribution in [0.4, 0.5) is 4.39 Å². The van der Waals surface area contributed by atoms with Gasteiger partial charge in [0, 0.05) is 24.3 Å². The summed E-state index contributed by atoms with van der Waals surface area (Å²) in [7, 11) is 0. The number of carboxylic acid groups (broad SMARTS) is 1. The third-order valence-electron chi connectivity index (χ3n) is 9.41. The smallest absolute Gasteiger partial charge is 0.307 e. The van der Waals surface area contributed by atoms with Crippen LogP contribution in [0.1, 0.15) is 89.2 Å². The molecule has 0 heterocycles. The average molecular weight is 537 g/mol. The molecular weight excluding hydrogens is 495 g/mol. The predicted octanol–water partition coefficient (Wildman–Crippen LogP) is 6.94. The summed E-state index contributed by atoms with van der Waals surface area (Å²) in [6.45, 7) is 6.59. The Balaban J connectivity index is 1.39. The topological polar surface area (TPSA) is 83.8 Å². The number of ketones is 1. The molecule has 6 heteroatoms. The molecule has 39 heavy (non-hydrogen) atoms. The fourth-order valence-electron chi connectivity index (χ4n) is 7.44. The Kier molecular flexibility index (Phi) is 7.87. The van der Waals surface area contributed by atoms with Gasteiger partial charge in [-0.05, 0) is 84.1 Å². The van der Waals surface area contributed by atoms with Crippen molar-refractivity contribution in [3.63, 3.8) is 0 Å². The van der Waals surface area contributed by atoms with Crippen LogP contribution in [0.15, 0.2) is 36.4 Å². The molecule has 5 nitrogen and oxygen atoms in total. The van der Waals surface area contributed by atoms with Crippen LogP contribution in [0.3, 0.4) is 0 Å². The Bertz CT molecular complexity index is 1230. The van der Waals surface area contributed by atoms with Crippen molar-refractivity contribution < 1.29 is 28.9 Å². The molecule has 2 aromatic rings. The third kappa shape index (κ3) is 5.91. The van der Waals surface area contributed by atoms with E-state index in [1.54, 1.807) is 18.2 Å². The summed E-state index contributed by atoms with van der Waals surface area (Å²) in [5, 5.41) is 20.5. The van der Waals surface area contributed by atoms with E-state index in [1.165, 1.54) is 6.07 Å². The summed E-state index contributed by atoms with van der Waals surface area (Å²) in [4.78, 5) is 25.0. The SMILES string of the molecule is CC1CC(C)(C)C[C@H]1C(=O)C[C@H]1C[C@H](Oc2cccc(CC(=O)O)c2-c2cccc(F)c2C2CCC2)C[C@H]1O. The highest BCUT2D eigenvalue weighted by Crippen LogP contribution is 2.48. The second-order valence-electron chi connectivity index (χ2n) is 13.1. The number of halogens is 1. The van der Waals surface area contributed by atoms with E-state index < -0.39 is 12.1 Å². The van der Waals surface area contributed by atoms with Crippen molar-refractivity contribution in [1.29, 1.82) is 0 Å². The number of ether oxygens (including phenoxy) is 1. The zero-order valence-corrected chi connectivity index (χ0v) is 23.3. The van der Waals surface area contributed by atoms with E-state index in [4.69, 9.17) is 4.74 Å². The van der Waals surface area contributed by atoms with Crippen molar-refractivity contribution in [2.75, 3.05) is 0 Å². The number of hydrogen-bond donors (Lipinski definition) is 2. The lowest BCUT2D eigenvalue weighted by Crippen LogP contribution is -2.24. The predicted molar refractivity (Wildman–Crippen MR) is 148 cm³/mol. The van der Waals surface area contributed by atoms with Crippen molar-refractivity contribution in [3.8, 4) is 16.9 Å². The molecule has 0 radical (unpaired) electrons. The Hall–Kier alpha value is -2.73. The van der Waals surface area contributed by atoms with Crippen LogP contribution in [0, 0.1) is 29.0 Å². The van der Waals surface area contributed by atoms with Crippen LogP contribution in [-0.2, 0) is 16.0 Å². The fourth-order valence-corrected chi connectivity index (χ4v) is 7.44. The number of carbonyl (C=O) groups is 2. The number of hydrogen-bond acceptors (Lipinski definition) is 4. The zero-order valence-electron chi connectivity index (χ0n) is 23.3. The summed E-state index contributed by atoms with van der Waals surface area (Å²) < 4.78 is 21.6. The van der Waals surface area contributed by atoms with E-state index in [1.807, 2.05) is 12.1 Å². The van der Waals surface area contributed by atoms with Crippen LogP contribution in [0.2, 0.25) is 0 Å². The lowest BCUT2D eigenvalue weighted by Gasteiger charge is -2.29. The molecular formula is C33H41FO5. The lowest BCUT2D eigenvalue weighted by atomic mass is 9.76. The van der Waals surface area contributed by atoms with Gasteiger partial charge in [-0.15, -0.1) is 0 Å². The van der Waals surface area contributed by atoms with E-state index in [2.05, 4.69) is 20.8 Å². The lowest BCUT2D eigenvalue weighted by molar-refractivity contribution is -0.136. The molecule has 0 bridgehead atoms. The molecule has 0 aromatic heterocycles. The highest BCUT2D eigenvalue weighted by molar-refractivity contribution is 5.83. The Morgan fingerprint density at radius 2 is 1.82 bits per heavy atom. The molecule has 5 rings (SSSR count). The summed E-state index contributed by atoms with van der Waals surface area (Å²) >= 11 is 0. The monoisotopic (exact) mass is 536 g/mol. The van der Waals surface area contributed by atoms with Crippen LogP contribution >= 0.6 is 0 Å². The van der Waals surface area contributed by atoms with Crippen LogP contribution in [-0.4, -0.2) is 34.2 Å². The van der Waals surface area contributed by atoms with Crippen molar-refractivity contribution in [2.24, 2.45) is 23.2 Å². The number of benzene rings is 2. The van der Waals surface area contributed by atoms with Gasteiger partial charge in [0.15, 0.2) is 0 Å². The Labute approximate surface area is 230 Å². The number of rotatable bonds is 9. The van der Waals surface area contributed by atoms with Gasteiger partial charge in [0.2, 0.25) is 0 Å². The van der Waals surface area contributed by atoms with E-state index in [0.717, 1.165) is 32.1 Å². The van der Waals surface area contributed by atoms with Crippen molar-refractivity contribution in [2.45, 2.75) is 96.7 Å². The van der Waals surface area contributed by atoms with Crippen molar-refractivity contribution in [1.82, 2.24) is 0 Å². The molecule has 210 valence electrons. The summed E-state index contributed by atoms with van der Waals surface area (Å²) in [5.41, 5.74) is 2.70. The normalized spacial score (nSPS) is 28.3. The second-order valence-corrected chi connectivity index (χ2v) is 13.1. The molecule has 0 saturated heterocycles. The number of Topliss-reactive ketones (excluding diaryl/α,β-unsaturated/α-hetero) is 1. The van der Waals surface area contributed by atoms with Gasteiger partial charge in [-0.25, -0.2) is 4.39 Å². The first-order valence-corrected chi connectivity index (χ1v) is 14.5. The minimum absolute atomic E-state index is 0.0457. The molecule has 0 aliphatic heterocycles. The minimum Gasteiger partial charge on any atom is -0.490 e. The summed E-state index contributed by atoms with van der Waals surface area (Å²) in [5.74, 6) is -0.135. The van der Waals surface area contributed by atoms with E-state index in [9.17, 15) is 19.8 Å². The van der Waals surface area contributed by atoms with Crippen LogP contribution < -0.4 is 4.74 Å². The maximum atomic E-state index is 15.1. The van der Waals surface area contributed by atoms with Gasteiger partial charge in [-0.3, -0.25) is 9.59 Å². The number of carbonyl (C=O) groups excluding carboxylic acids is 1. The van der Waals surface area contributed by atoms with E-state index in [-0.39, 0.29) is 47.3 Å². The fraction of sp³-hybridized carbons (Fsp3) is 0.576. The first kappa shape index (κ1) is 27.8. The number of aliphatic carboxylic acids is 1. The van der Waals surface area contributed by atoms with E-state index >= 15 is 4.39 Å².